The maximum absolute atomic E-state index is 12.4. The van der Waals surface area contributed by atoms with Gasteiger partial charge < -0.3 is 10.1 Å². The van der Waals surface area contributed by atoms with Gasteiger partial charge in [0.05, 0.1) is 18.4 Å². The smallest absolute Gasteiger partial charge is 0.241 e. The van der Waals surface area contributed by atoms with E-state index in [1.807, 2.05) is 0 Å². The predicted octanol–water partition coefficient (Wildman–Crippen LogP) is 3.61. The number of nitrogens with one attached hydrogen (secondary N) is 2. The molecule has 0 unspecified atom stereocenters. The van der Waals surface area contributed by atoms with E-state index in [1.54, 1.807) is 51.1 Å². The van der Waals surface area contributed by atoms with Crippen molar-refractivity contribution in [1.29, 1.82) is 0 Å². The Bertz CT molecular complexity index is 937. The Labute approximate surface area is 164 Å². The highest BCUT2D eigenvalue weighted by Crippen LogP contribution is 2.24. The van der Waals surface area contributed by atoms with E-state index in [2.05, 4.69) is 10.0 Å². The molecule has 0 bridgehead atoms. The largest absolute Gasteiger partial charge is 0.496 e. The molecule has 0 aromatic heterocycles. The van der Waals surface area contributed by atoms with Gasteiger partial charge in [-0.3, -0.25) is 4.79 Å². The summed E-state index contributed by atoms with van der Waals surface area (Å²) in [4.78, 5) is 12.5. The second-order valence-corrected chi connectivity index (χ2v) is 9.18. The second kappa shape index (κ2) is 8.29. The molecule has 1 amide bonds. The summed E-state index contributed by atoms with van der Waals surface area (Å²) < 4.78 is 32.7. The fourth-order valence-electron chi connectivity index (χ4n) is 2.47. The highest BCUT2D eigenvalue weighted by molar-refractivity contribution is 7.89. The molecule has 0 heterocycles. The van der Waals surface area contributed by atoms with Crippen LogP contribution in [-0.4, -0.2) is 27.0 Å². The molecule has 0 saturated carbocycles. The summed E-state index contributed by atoms with van der Waals surface area (Å²) in [5.74, 6) is 0.245. The van der Waals surface area contributed by atoms with E-state index in [4.69, 9.17) is 16.3 Å². The summed E-state index contributed by atoms with van der Waals surface area (Å²) in [6.45, 7) is 5.28. The number of halogens is 1. The Morgan fingerprint density at radius 2 is 1.85 bits per heavy atom. The van der Waals surface area contributed by atoms with Crippen LogP contribution in [-0.2, 0) is 21.2 Å². The fraction of sp³-hybridized carbons (Fsp3) is 0.316. The lowest BCUT2D eigenvalue weighted by atomic mass is 10.1. The fourth-order valence-corrected chi connectivity index (χ4v) is 4.13. The number of sulfonamides is 1. The van der Waals surface area contributed by atoms with Crippen LogP contribution in [0.25, 0.3) is 0 Å². The lowest BCUT2D eigenvalue weighted by Gasteiger charge is -2.20. The minimum atomic E-state index is -3.69. The van der Waals surface area contributed by atoms with E-state index in [0.717, 1.165) is 0 Å². The highest BCUT2D eigenvalue weighted by atomic mass is 35.5. The number of hydrogen-bond donors (Lipinski definition) is 2. The Balaban J connectivity index is 2.17. The van der Waals surface area contributed by atoms with Crippen molar-refractivity contribution in [2.24, 2.45) is 0 Å². The van der Waals surface area contributed by atoms with Crippen molar-refractivity contribution < 1.29 is 17.9 Å². The number of hydrogen-bond acceptors (Lipinski definition) is 4. The lowest BCUT2D eigenvalue weighted by Crippen LogP contribution is -2.40. The van der Waals surface area contributed by atoms with Crippen molar-refractivity contribution in [3.8, 4) is 5.75 Å². The van der Waals surface area contributed by atoms with Crippen LogP contribution in [0.15, 0.2) is 47.4 Å². The van der Waals surface area contributed by atoms with Gasteiger partial charge in [0, 0.05) is 21.8 Å². The topological polar surface area (TPSA) is 84.5 Å². The maximum atomic E-state index is 12.4. The monoisotopic (exact) mass is 410 g/mol. The van der Waals surface area contributed by atoms with Crippen LogP contribution in [0, 0.1) is 0 Å². The number of ether oxygens (including phenoxy) is 1. The van der Waals surface area contributed by atoms with E-state index in [-0.39, 0.29) is 17.2 Å². The quantitative estimate of drug-likeness (QED) is 0.761. The second-order valence-electron chi connectivity index (χ2n) is 7.06. The number of amides is 1. The van der Waals surface area contributed by atoms with E-state index in [9.17, 15) is 13.2 Å². The van der Waals surface area contributed by atoms with E-state index >= 15 is 0 Å². The van der Waals surface area contributed by atoms with Crippen molar-refractivity contribution >= 4 is 33.2 Å². The number of benzene rings is 2. The van der Waals surface area contributed by atoms with Gasteiger partial charge in [-0.05, 0) is 57.2 Å². The molecule has 0 aliphatic heterocycles. The van der Waals surface area contributed by atoms with Crippen molar-refractivity contribution in [3.63, 3.8) is 0 Å². The van der Waals surface area contributed by atoms with Crippen LogP contribution in [0.2, 0.25) is 5.02 Å². The first-order valence-electron chi connectivity index (χ1n) is 8.26. The first-order valence-corrected chi connectivity index (χ1v) is 10.1. The normalized spacial score (nSPS) is 11.9. The molecule has 27 heavy (non-hydrogen) atoms. The number of carbonyl (C=O) groups is 1. The molecule has 0 radical (unpaired) electrons. The van der Waals surface area contributed by atoms with Crippen molar-refractivity contribution in [2.45, 2.75) is 37.6 Å². The average molecular weight is 411 g/mol. The Morgan fingerprint density at radius 3 is 2.48 bits per heavy atom. The number of carbonyl (C=O) groups excluding carboxylic acids is 1. The molecule has 0 aliphatic rings. The summed E-state index contributed by atoms with van der Waals surface area (Å²) >= 11 is 5.98. The van der Waals surface area contributed by atoms with Crippen LogP contribution < -0.4 is 14.8 Å². The molecule has 2 aromatic rings. The Morgan fingerprint density at radius 1 is 1.15 bits per heavy atom. The van der Waals surface area contributed by atoms with E-state index in [1.165, 1.54) is 19.2 Å². The van der Waals surface area contributed by atoms with Gasteiger partial charge in [-0.1, -0.05) is 17.7 Å². The van der Waals surface area contributed by atoms with Gasteiger partial charge in [0.2, 0.25) is 15.9 Å². The first kappa shape index (κ1) is 21.2. The molecule has 6 nitrogen and oxygen atoms in total. The summed E-state index contributed by atoms with van der Waals surface area (Å²) in [5, 5.41) is 3.21. The molecule has 2 aromatic carbocycles. The Kier molecular flexibility index (Phi) is 6.51. The predicted molar refractivity (Wildman–Crippen MR) is 107 cm³/mol. The van der Waals surface area contributed by atoms with Gasteiger partial charge in [-0.25, -0.2) is 13.1 Å². The summed E-state index contributed by atoms with van der Waals surface area (Å²) in [6, 6.07) is 11.1. The third-order valence-corrected chi connectivity index (χ3v) is 5.45. The molecule has 146 valence electrons. The molecular weight excluding hydrogens is 388 g/mol. The molecule has 0 spiro atoms. The molecule has 2 rings (SSSR count). The standard InChI is InChI=1S/C19H23ClN2O4S/c1-19(2,3)22-27(24,25)16-7-5-6-15(12-16)21-18(23)11-13-10-14(20)8-9-17(13)26-4/h5-10,12,22H,11H2,1-4H3,(H,21,23). The van der Waals surface area contributed by atoms with Gasteiger partial charge in [0.1, 0.15) is 5.75 Å². The molecule has 0 saturated heterocycles. The zero-order valence-electron chi connectivity index (χ0n) is 15.7. The number of methoxy groups -OCH3 is 1. The third kappa shape index (κ3) is 6.23. The molecular formula is C19H23ClN2O4S. The lowest BCUT2D eigenvalue weighted by molar-refractivity contribution is -0.115. The van der Waals surface area contributed by atoms with Crippen molar-refractivity contribution in [3.05, 3.63) is 53.1 Å². The van der Waals surface area contributed by atoms with Crippen LogP contribution in [0.1, 0.15) is 26.3 Å². The summed E-state index contributed by atoms with van der Waals surface area (Å²) in [5.41, 5.74) is 0.416. The highest BCUT2D eigenvalue weighted by Gasteiger charge is 2.22. The van der Waals surface area contributed by atoms with Crippen LogP contribution in [0.5, 0.6) is 5.75 Å². The Hall–Kier alpha value is -2.09. The molecule has 0 atom stereocenters. The minimum Gasteiger partial charge on any atom is -0.496 e. The van der Waals surface area contributed by atoms with Gasteiger partial charge in [-0.15, -0.1) is 0 Å². The van der Waals surface area contributed by atoms with Crippen molar-refractivity contribution in [2.75, 3.05) is 12.4 Å². The summed E-state index contributed by atoms with van der Waals surface area (Å²) in [6.07, 6.45) is 0.0426. The molecule has 8 heteroatoms. The van der Waals surface area contributed by atoms with E-state index < -0.39 is 15.6 Å². The number of rotatable bonds is 6. The zero-order chi connectivity index (χ0) is 20.2. The number of anilines is 1. The molecule has 0 fully saturated rings. The van der Waals surface area contributed by atoms with E-state index in [0.29, 0.717) is 22.0 Å². The van der Waals surface area contributed by atoms with Gasteiger partial charge in [-0.2, -0.15) is 0 Å². The van der Waals surface area contributed by atoms with Crippen molar-refractivity contribution in [1.82, 2.24) is 4.72 Å². The van der Waals surface area contributed by atoms with Gasteiger partial charge in [0.25, 0.3) is 0 Å². The summed E-state index contributed by atoms with van der Waals surface area (Å²) in [7, 11) is -2.18. The van der Waals surface area contributed by atoms with Gasteiger partial charge >= 0.3 is 0 Å². The van der Waals surface area contributed by atoms with Crippen LogP contribution in [0.4, 0.5) is 5.69 Å². The molecule has 0 aliphatic carbocycles. The average Bonchev–Trinajstić information content (AvgIpc) is 2.53. The van der Waals surface area contributed by atoms with Gasteiger partial charge in [0.15, 0.2) is 0 Å². The van der Waals surface area contributed by atoms with Crippen LogP contribution in [0.3, 0.4) is 0 Å². The zero-order valence-corrected chi connectivity index (χ0v) is 17.2. The molecule has 2 N–H and O–H groups in total. The first-order chi connectivity index (χ1) is 12.5. The minimum absolute atomic E-state index is 0.0426. The third-order valence-electron chi connectivity index (χ3n) is 3.46. The SMILES string of the molecule is COc1ccc(Cl)cc1CC(=O)Nc1cccc(S(=O)(=O)NC(C)(C)C)c1. The maximum Gasteiger partial charge on any atom is 0.241 e. The van der Waals surface area contributed by atoms with Crippen LogP contribution >= 0.6 is 11.6 Å².